The lowest BCUT2D eigenvalue weighted by Crippen LogP contribution is -2.10. The molecule has 0 fully saturated rings. The van der Waals surface area contributed by atoms with E-state index in [1.165, 1.54) is 0 Å². The van der Waals surface area contributed by atoms with Gasteiger partial charge in [-0.2, -0.15) is 0 Å². The molecule has 0 atom stereocenters. The maximum atomic E-state index is 11.5. The normalized spacial score (nSPS) is 10.9. The van der Waals surface area contributed by atoms with Crippen LogP contribution in [0.2, 0.25) is 0 Å². The van der Waals surface area contributed by atoms with E-state index in [1.807, 2.05) is 30.3 Å². The molecule has 0 bridgehead atoms. The predicted octanol–water partition coefficient (Wildman–Crippen LogP) is 10.4. The van der Waals surface area contributed by atoms with Crippen LogP contribution in [0, 0.1) is 0 Å². The molecule has 0 aliphatic rings. The van der Waals surface area contributed by atoms with Crippen LogP contribution in [0.15, 0.2) is 159 Å². The van der Waals surface area contributed by atoms with Crippen LogP contribution in [0.5, 0.6) is 11.5 Å². The van der Waals surface area contributed by atoms with Crippen molar-refractivity contribution in [1.82, 2.24) is 0 Å². The number of hydrogen-bond donors (Lipinski definition) is 0. The molecule has 6 nitrogen and oxygen atoms in total. The van der Waals surface area contributed by atoms with Crippen molar-refractivity contribution < 1.29 is 28.5 Å². The summed E-state index contributed by atoms with van der Waals surface area (Å²) < 4.78 is 22.2. The van der Waals surface area contributed by atoms with Crippen molar-refractivity contribution in [3.8, 4) is 44.9 Å². The van der Waals surface area contributed by atoms with Crippen LogP contribution < -0.4 is 9.47 Å². The van der Waals surface area contributed by atoms with Crippen LogP contribution >= 0.6 is 0 Å². The Morgan fingerprint density at radius 2 is 0.923 bits per heavy atom. The van der Waals surface area contributed by atoms with Crippen molar-refractivity contribution in [2.24, 2.45) is 0 Å². The summed E-state index contributed by atoms with van der Waals surface area (Å²) in [5.74, 6) is 0.439. The summed E-state index contributed by atoms with van der Waals surface area (Å²) in [6.45, 7) is 7.59. The third kappa shape index (κ3) is 7.28. The second-order valence-corrected chi connectivity index (χ2v) is 12.1. The Bertz CT molecular complexity index is 2440. The number of esters is 2. The number of carbonyl (C=O) groups excluding carboxylic acids is 2. The van der Waals surface area contributed by atoms with Crippen molar-refractivity contribution in [3.63, 3.8) is 0 Å². The smallest absolute Gasteiger partial charge is 0.330 e. The highest BCUT2D eigenvalue weighted by Crippen LogP contribution is 2.45. The average Bonchev–Trinajstić information content (AvgIpc) is 3.20. The quantitative estimate of drug-likeness (QED) is 0.0684. The van der Waals surface area contributed by atoms with Crippen LogP contribution in [0.1, 0.15) is 0 Å². The highest BCUT2D eigenvalue weighted by atomic mass is 16.6. The summed E-state index contributed by atoms with van der Waals surface area (Å²) in [4.78, 5) is 22.9. The van der Waals surface area contributed by atoms with E-state index in [-0.39, 0.29) is 26.4 Å². The molecule has 0 radical (unpaired) electrons. The Hall–Kier alpha value is -6.66. The Balaban J connectivity index is 1.34. The molecule has 0 unspecified atom stereocenters. The lowest BCUT2D eigenvalue weighted by molar-refractivity contribution is -0.139. The molecule has 52 heavy (non-hydrogen) atoms. The van der Waals surface area contributed by atoms with Crippen LogP contribution in [0.3, 0.4) is 0 Å². The van der Waals surface area contributed by atoms with Gasteiger partial charge in [-0.15, -0.1) is 0 Å². The Kier molecular flexibility index (Phi) is 10.1. The predicted molar refractivity (Wildman–Crippen MR) is 209 cm³/mol. The van der Waals surface area contributed by atoms with Gasteiger partial charge in [-0.05, 0) is 103 Å². The molecule has 0 amide bonds. The molecule has 7 aromatic rings. The fourth-order valence-electron chi connectivity index (χ4n) is 6.46. The van der Waals surface area contributed by atoms with Gasteiger partial charge in [0, 0.05) is 17.5 Å². The molecule has 256 valence electrons. The molecule has 0 aromatic heterocycles. The molecule has 0 saturated carbocycles. The van der Waals surface area contributed by atoms with Crippen LogP contribution in [0.25, 0.3) is 65.7 Å². The Morgan fingerprint density at radius 1 is 0.462 bits per heavy atom. The minimum atomic E-state index is -0.478. The summed E-state index contributed by atoms with van der Waals surface area (Å²) in [5, 5.41) is 6.56. The van der Waals surface area contributed by atoms with Gasteiger partial charge in [0.2, 0.25) is 0 Å². The van der Waals surface area contributed by atoms with Gasteiger partial charge >= 0.3 is 11.9 Å². The van der Waals surface area contributed by atoms with E-state index in [0.717, 1.165) is 77.9 Å². The summed E-state index contributed by atoms with van der Waals surface area (Å²) >= 11 is 0. The SMILES string of the molecule is C=CC(=O)OCCOc1ccc(-c2cc3ccccc3cc2-c2cc3ccccc3cc2-c2ccc(OCCOC(=O)C=C)c3ccccc23)cc1. The number of hydrogen-bond acceptors (Lipinski definition) is 6. The average molecular weight is 685 g/mol. The third-order valence-corrected chi connectivity index (χ3v) is 8.92. The molecule has 0 spiro atoms. The molecule has 7 rings (SSSR count). The molecular formula is C46H36O6. The monoisotopic (exact) mass is 684 g/mol. The van der Waals surface area contributed by atoms with Gasteiger partial charge in [0.1, 0.15) is 37.9 Å². The van der Waals surface area contributed by atoms with E-state index < -0.39 is 11.9 Å². The fourth-order valence-corrected chi connectivity index (χ4v) is 6.46. The fraction of sp³-hybridized carbons (Fsp3) is 0.0870. The lowest BCUT2D eigenvalue weighted by Gasteiger charge is -2.19. The molecule has 0 saturated heterocycles. The second-order valence-electron chi connectivity index (χ2n) is 12.1. The second kappa shape index (κ2) is 15.5. The first kappa shape index (κ1) is 33.8. The van der Waals surface area contributed by atoms with Gasteiger partial charge in [0.15, 0.2) is 0 Å². The largest absolute Gasteiger partial charge is 0.490 e. The number of rotatable bonds is 13. The minimum Gasteiger partial charge on any atom is -0.490 e. The van der Waals surface area contributed by atoms with Gasteiger partial charge in [-0.25, -0.2) is 9.59 Å². The zero-order chi connectivity index (χ0) is 35.9. The maximum absolute atomic E-state index is 11.5. The van der Waals surface area contributed by atoms with Gasteiger partial charge in [-0.3, -0.25) is 0 Å². The molecule has 0 N–H and O–H groups in total. The summed E-state index contributed by atoms with van der Waals surface area (Å²) in [5.41, 5.74) is 6.47. The first-order valence-electron chi connectivity index (χ1n) is 17.0. The zero-order valence-electron chi connectivity index (χ0n) is 28.5. The van der Waals surface area contributed by atoms with Crippen molar-refractivity contribution in [2.45, 2.75) is 0 Å². The summed E-state index contributed by atoms with van der Waals surface area (Å²) in [6.07, 6.45) is 2.28. The van der Waals surface area contributed by atoms with Crippen molar-refractivity contribution in [3.05, 3.63) is 159 Å². The highest BCUT2D eigenvalue weighted by molar-refractivity contribution is 6.08. The minimum absolute atomic E-state index is 0.124. The van der Waals surface area contributed by atoms with E-state index in [2.05, 4.69) is 116 Å². The number of fused-ring (bicyclic) bond motifs is 3. The molecule has 0 aliphatic carbocycles. The number of ether oxygens (including phenoxy) is 4. The van der Waals surface area contributed by atoms with E-state index >= 15 is 0 Å². The first-order valence-corrected chi connectivity index (χ1v) is 17.0. The topological polar surface area (TPSA) is 71.1 Å². The van der Waals surface area contributed by atoms with E-state index in [4.69, 9.17) is 18.9 Å². The zero-order valence-corrected chi connectivity index (χ0v) is 28.5. The van der Waals surface area contributed by atoms with E-state index in [0.29, 0.717) is 11.5 Å². The van der Waals surface area contributed by atoms with Gasteiger partial charge in [-0.1, -0.05) is 104 Å². The first-order chi connectivity index (χ1) is 25.5. The lowest BCUT2D eigenvalue weighted by atomic mass is 9.85. The van der Waals surface area contributed by atoms with Crippen LogP contribution in [0.4, 0.5) is 0 Å². The van der Waals surface area contributed by atoms with Crippen LogP contribution in [-0.2, 0) is 19.1 Å². The molecule has 0 heterocycles. The van der Waals surface area contributed by atoms with Gasteiger partial charge in [0.25, 0.3) is 0 Å². The third-order valence-electron chi connectivity index (χ3n) is 8.92. The van der Waals surface area contributed by atoms with Crippen LogP contribution in [-0.4, -0.2) is 38.4 Å². The van der Waals surface area contributed by atoms with Crippen molar-refractivity contribution >= 4 is 44.3 Å². The Labute approximate surface area is 302 Å². The van der Waals surface area contributed by atoms with E-state index in [1.54, 1.807) is 0 Å². The maximum Gasteiger partial charge on any atom is 0.330 e. The molecule has 6 heteroatoms. The molecule has 7 aromatic carbocycles. The highest BCUT2D eigenvalue weighted by Gasteiger charge is 2.18. The van der Waals surface area contributed by atoms with Gasteiger partial charge < -0.3 is 18.9 Å². The molecule has 0 aliphatic heterocycles. The van der Waals surface area contributed by atoms with E-state index in [9.17, 15) is 9.59 Å². The van der Waals surface area contributed by atoms with Gasteiger partial charge in [0.05, 0.1) is 0 Å². The summed E-state index contributed by atoms with van der Waals surface area (Å²) in [7, 11) is 0. The van der Waals surface area contributed by atoms with Crippen molar-refractivity contribution in [1.29, 1.82) is 0 Å². The molecular weight excluding hydrogens is 649 g/mol. The Morgan fingerprint density at radius 3 is 1.48 bits per heavy atom. The van der Waals surface area contributed by atoms with Crippen molar-refractivity contribution in [2.75, 3.05) is 26.4 Å². The standard InChI is InChI=1S/C46H36O6/c1-3-45(47)51-25-23-49-36-19-17-31(18-20-36)40-27-32-11-5-6-13-34(32)29-42(40)43-30-35-14-8-7-12-33(35)28-41(43)38-21-22-44(39-16-10-9-15-37(38)39)50-24-26-52-46(48)4-2/h3-22,27-30H,1-2,23-26H2. The number of carbonyl (C=O) groups is 2. The number of benzene rings is 7. The summed E-state index contributed by atoms with van der Waals surface area (Å²) in [6, 6.07) is 46.2.